The summed E-state index contributed by atoms with van der Waals surface area (Å²) < 4.78 is 16.3. The molecular weight excluding hydrogens is 212 g/mol. The standard InChI is InChI=1S/C11H18O3S/c1-4-12-10(13-5-2)7-14-11-6-9(3)8-15-11/h6,8,10H,4-5,7H2,1-3H3. The molecule has 0 aromatic carbocycles. The Kier molecular flexibility index (Phi) is 5.68. The van der Waals surface area contributed by atoms with Crippen LogP contribution in [0.5, 0.6) is 5.06 Å². The molecule has 1 aromatic heterocycles. The number of hydrogen-bond acceptors (Lipinski definition) is 4. The van der Waals surface area contributed by atoms with Crippen molar-refractivity contribution in [1.82, 2.24) is 0 Å². The van der Waals surface area contributed by atoms with Crippen molar-refractivity contribution < 1.29 is 14.2 Å². The highest BCUT2D eigenvalue weighted by Crippen LogP contribution is 2.22. The molecule has 0 saturated carbocycles. The lowest BCUT2D eigenvalue weighted by molar-refractivity contribution is -0.152. The summed E-state index contributed by atoms with van der Waals surface area (Å²) in [7, 11) is 0. The van der Waals surface area contributed by atoms with Crippen molar-refractivity contribution >= 4 is 11.3 Å². The van der Waals surface area contributed by atoms with Gasteiger partial charge >= 0.3 is 0 Å². The molecule has 0 aliphatic carbocycles. The minimum atomic E-state index is -0.262. The molecule has 0 atom stereocenters. The number of hydrogen-bond donors (Lipinski definition) is 0. The maximum absolute atomic E-state index is 5.56. The fourth-order valence-corrected chi connectivity index (χ4v) is 1.91. The number of thiophene rings is 1. The highest BCUT2D eigenvalue weighted by molar-refractivity contribution is 7.12. The van der Waals surface area contributed by atoms with Gasteiger partial charge in [-0.05, 0) is 37.8 Å². The molecule has 3 nitrogen and oxygen atoms in total. The van der Waals surface area contributed by atoms with Crippen molar-refractivity contribution in [2.75, 3.05) is 19.8 Å². The van der Waals surface area contributed by atoms with Crippen LogP contribution in [0.25, 0.3) is 0 Å². The Hall–Kier alpha value is -0.580. The second-order valence-corrected chi connectivity index (χ2v) is 3.97. The molecule has 4 heteroatoms. The average molecular weight is 230 g/mol. The first-order valence-electron chi connectivity index (χ1n) is 5.17. The van der Waals surface area contributed by atoms with Crippen LogP contribution in [-0.2, 0) is 9.47 Å². The first-order valence-corrected chi connectivity index (χ1v) is 6.05. The zero-order chi connectivity index (χ0) is 11.1. The summed E-state index contributed by atoms with van der Waals surface area (Å²) in [6.45, 7) is 7.66. The maximum Gasteiger partial charge on any atom is 0.191 e. The van der Waals surface area contributed by atoms with Gasteiger partial charge in [0.05, 0.1) is 0 Å². The molecule has 1 rings (SSSR count). The van der Waals surface area contributed by atoms with Crippen LogP contribution in [0.15, 0.2) is 11.4 Å². The summed E-state index contributed by atoms with van der Waals surface area (Å²) in [4.78, 5) is 0. The number of rotatable bonds is 7. The Bertz CT molecular complexity index is 267. The van der Waals surface area contributed by atoms with E-state index in [9.17, 15) is 0 Å². The van der Waals surface area contributed by atoms with Crippen molar-refractivity contribution in [2.24, 2.45) is 0 Å². The largest absolute Gasteiger partial charge is 0.479 e. The van der Waals surface area contributed by atoms with Crippen molar-refractivity contribution in [1.29, 1.82) is 0 Å². The second-order valence-electron chi connectivity index (χ2n) is 3.09. The minimum Gasteiger partial charge on any atom is -0.479 e. The van der Waals surface area contributed by atoms with Crippen LogP contribution < -0.4 is 4.74 Å². The third kappa shape index (κ3) is 4.64. The summed E-state index contributed by atoms with van der Waals surface area (Å²) in [5.74, 6) is 0. The monoisotopic (exact) mass is 230 g/mol. The fraction of sp³-hybridized carbons (Fsp3) is 0.636. The lowest BCUT2D eigenvalue weighted by Crippen LogP contribution is -2.24. The molecule has 15 heavy (non-hydrogen) atoms. The lowest BCUT2D eigenvalue weighted by Gasteiger charge is -2.16. The molecule has 1 aromatic rings. The third-order valence-corrected chi connectivity index (χ3v) is 2.73. The van der Waals surface area contributed by atoms with Crippen LogP contribution >= 0.6 is 11.3 Å². The Balaban J connectivity index is 2.32. The van der Waals surface area contributed by atoms with Gasteiger partial charge in [0.2, 0.25) is 0 Å². The van der Waals surface area contributed by atoms with Gasteiger partial charge in [-0.25, -0.2) is 0 Å². The van der Waals surface area contributed by atoms with E-state index in [4.69, 9.17) is 14.2 Å². The van der Waals surface area contributed by atoms with E-state index >= 15 is 0 Å². The van der Waals surface area contributed by atoms with Crippen molar-refractivity contribution in [3.8, 4) is 5.06 Å². The molecule has 0 spiro atoms. The van der Waals surface area contributed by atoms with Gasteiger partial charge < -0.3 is 14.2 Å². The normalized spacial score (nSPS) is 10.9. The Morgan fingerprint density at radius 1 is 1.27 bits per heavy atom. The zero-order valence-corrected chi connectivity index (χ0v) is 10.3. The highest BCUT2D eigenvalue weighted by Gasteiger charge is 2.09. The topological polar surface area (TPSA) is 27.7 Å². The minimum absolute atomic E-state index is 0.262. The van der Waals surface area contributed by atoms with E-state index in [1.165, 1.54) is 5.56 Å². The SMILES string of the molecule is CCOC(COc1cc(C)cs1)OCC. The average Bonchev–Trinajstić information content (AvgIpc) is 2.61. The van der Waals surface area contributed by atoms with E-state index in [1.54, 1.807) is 11.3 Å². The lowest BCUT2D eigenvalue weighted by atomic mass is 10.4. The molecule has 0 bridgehead atoms. The van der Waals surface area contributed by atoms with Gasteiger partial charge in [0, 0.05) is 13.2 Å². The van der Waals surface area contributed by atoms with Gasteiger partial charge in [-0.3, -0.25) is 0 Å². The molecule has 0 unspecified atom stereocenters. The van der Waals surface area contributed by atoms with Crippen LogP contribution in [0.3, 0.4) is 0 Å². The summed E-state index contributed by atoms with van der Waals surface area (Å²) in [6, 6.07) is 2.01. The molecule has 0 aliphatic heterocycles. The molecule has 0 saturated heterocycles. The predicted octanol–water partition coefficient (Wildman–Crippen LogP) is 2.83. The van der Waals surface area contributed by atoms with E-state index in [2.05, 4.69) is 5.38 Å². The van der Waals surface area contributed by atoms with Gasteiger partial charge in [0.1, 0.15) is 6.61 Å². The Labute approximate surface area is 95.0 Å². The van der Waals surface area contributed by atoms with E-state index in [-0.39, 0.29) is 6.29 Å². The predicted molar refractivity (Wildman–Crippen MR) is 61.6 cm³/mol. The van der Waals surface area contributed by atoms with Crippen molar-refractivity contribution in [3.05, 3.63) is 17.0 Å². The molecular formula is C11H18O3S. The van der Waals surface area contributed by atoms with Crippen molar-refractivity contribution in [2.45, 2.75) is 27.1 Å². The van der Waals surface area contributed by atoms with Crippen LogP contribution in [0.2, 0.25) is 0 Å². The van der Waals surface area contributed by atoms with Gasteiger partial charge in [-0.1, -0.05) is 0 Å². The van der Waals surface area contributed by atoms with Crippen LogP contribution in [0.4, 0.5) is 0 Å². The van der Waals surface area contributed by atoms with Crippen LogP contribution in [0, 0.1) is 6.92 Å². The van der Waals surface area contributed by atoms with Crippen LogP contribution in [0.1, 0.15) is 19.4 Å². The van der Waals surface area contributed by atoms with E-state index in [1.807, 2.05) is 26.8 Å². The Morgan fingerprint density at radius 2 is 1.93 bits per heavy atom. The van der Waals surface area contributed by atoms with Gasteiger partial charge in [-0.2, -0.15) is 0 Å². The molecule has 0 radical (unpaired) electrons. The Morgan fingerprint density at radius 3 is 2.40 bits per heavy atom. The number of ether oxygens (including phenoxy) is 3. The quantitative estimate of drug-likeness (QED) is 0.674. The molecule has 1 heterocycles. The highest BCUT2D eigenvalue weighted by atomic mass is 32.1. The molecule has 0 fully saturated rings. The van der Waals surface area contributed by atoms with E-state index in [0.717, 1.165) is 5.06 Å². The summed E-state index contributed by atoms with van der Waals surface area (Å²) in [5, 5.41) is 2.98. The third-order valence-electron chi connectivity index (χ3n) is 1.77. The van der Waals surface area contributed by atoms with E-state index in [0.29, 0.717) is 19.8 Å². The first-order chi connectivity index (χ1) is 7.26. The zero-order valence-electron chi connectivity index (χ0n) is 9.49. The second kappa shape index (κ2) is 6.82. The van der Waals surface area contributed by atoms with Gasteiger partial charge in [0.25, 0.3) is 0 Å². The fourth-order valence-electron chi connectivity index (χ4n) is 1.15. The summed E-state index contributed by atoms with van der Waals surface area (Å²) in [6.07, 6.45) is -0.262. The van der Waals surface area contributed by atoms with Gasteiger partial charge in [-0.15, -0.1) is 11.3 Å². The first kappa shape index (κ1) is 12.5. The van der Waals surface area contributed by atoms with Crippen LogP contribution in [-0.4, -0.2) is 26.1 Å². The molecule has 86 valence electrons. The maximum atomic E-state index is 5.56. The van der Waals surface area contributed by atoms with Gasteiger partial charge in [0.15, 0.2) is 11.4 Å². The summed E-state index contributed by atoms with van der Waals surface area (Å²) in [5.41, 5.74) is 1.22. The van der Waals surface area contributed by atoms with E-state index < -0.39 is 0 Å². The molecule has 0 aliphatic rings. The number of aryl methyl sites for hydroxylation is 1. The van der Waals surface area contributed by atoms with Crippen molar-refractivity contribution in [3.63, 3.8) is 0 Å². The smallest absolute Gasteiger partial charge is 0.191 e. The summed E-state index contributed by atoms with van der Waals surface area (Å²) >= 11 is 1.59. The molecule has 0 amide bonds. The molecule has 0 N–H and O–H groups in total.